The number of thiophene rings is 1. The molecule has 2 aliphatic heterocycles. The normalized spacial score (nSPS) is 20.6. The molecular formula is C20H21ClN4O3S3. The highest BCUT2D eigenvalue weighted by atomic mass is 35.5. The molecule has 2 fully saturated rings. The molecule has 5 rings (SSSR count). The van der Waals surface area contributed by atoms with Crippen LogP contribution < -0.4 is 4.90 Å². The van der Waals surface area contributed by atoms with Crippen molar-refractivity contribution in [2.75, 3.05) is 37.6 Å². The minimum atomic E-state index is -3.63. The number of carbonyl (C=O) groups is 1. The smallest absolute Gasteiger partial charge is 0.253 e. The summed E-state index contributed by atoms with van der Waals surface area (Å²) in [6.07, 6.45) is 1.27. The van der Waals surface area contributed by atoms with Crippen molar-refractivity contribution in [3.63, 3.8) is 0 Å². The van der Waals surface area contributed by atoms with Crippen molar-refractivity contribution in [3.8, 4) is 0 Å². The second kappa shape index (κ2) is 8.32. The molecule has 3 aromatic rings. The molecule has 31 heavy (non-hydrogen) atoms. The lowest BCUT2D eigenvalue weighted by Crippen LogP contribution is -2.54. The highest BCUT2D eigenvalue weighted by Gasteiger charge is 2.42. The summed E-state index contributed by atoms with van der Waals surface area (Å²) < 4.78 is 28.7. The highest BCUT2D eigenvalue weighted by molar-refractivity contribution is 7.91. The van der Waals surface area contributed by atoms with Crippen LogP contribution in [0.15, 0.2) is 39.9 Å². The quantitative estimate of drug-likeness (QED) is 0.552. The fourth-order valence-electron chi connectivity index (χ4n) is 4.17. The summed E-state index contributed by atoms with van der Waals surface area (Å²) >= 11 is 9.04. The predicted octanol–water partition coefficient (Wildman–Crippen LogP) is 3.51. The SMILES string of the molecule is O=C([C@@H]1CCCN1S(=O)(=O)c1cccs1)N1CCN(c2nc3c(Cl)cccc3s2)CC1. The van der Waals surface area contributed by atoms with E-state index in [1.54, 1.807) is 33.7 Å². The minimum Gasteiger partial charge on any atom is -0.345 e. The van der Waals surface area contributed by atoms with Gasteiger partial charge in [-0.3, -0.25) is 4.79 Å². The summed E-state index contributed by atoms with van der Waals surface area (Å²) in [6, 6.07) is 8.47. The lowest BCUT2D eigenvalue weighted by Gasteiger charge is -2.37. The largest absolute Gasteiger partial charge is 0.345 e. The summed E-state index contributed by atoms with van der Waals surface area (Å²) in [7, 11) is -3.63. The third-order valence-electron chi connectivity index (χ3n) is 5.77. The average Bonchev–Trinajstić information content (AvgIpc) is 3.54. The van der Waals surface area contributed by atoms with Gasteiger partial charge in [0.2, 0.25) is 5.91 Å². The first-order chi connectivity index (χ1) is 14.9. The Morgan fingerprint density at radius 1 is 1.10 bits per heavy atom. The number of aromatic nitrogens is 1. The van der Waals surface area contributed by atoms with E-state index < -0.39 is 16.1 Å². The van der Waals surface area contributed by atoms with Crippen LogP contribution in [0.5, 0.6) is 0 Å². The van der Waals surface area contributed by atoms with Gasteiger partial charge in [-0.15, -0.1) is 11.3 Å². The van der Waals surface area contributed by atoms with Crippen LogP contribution in [0, 0.1) is 0 Å². The van der Waals surface area contributed by atoms with Crippen molar-refractivity contribution in [1.29, 1.82) is 0 Å². The Labute approximate surface area is 193 Å². The number of sulfonamides is 1. The topological polar surface area (TPSA) is 73.8 Å². The van der Waals surface area contributed by atoms with Crippen molar-refractivity contribution < 1.29 is 13.2 Å². The summed E-state index contributed by atoms with van der Waals surface area (Å²) in [4.78, 5) is 21.9. The third-order valence-corrected chi connectivity index (χ3v) is 10.4. The van der Waals surface area contributed by atoms with Crippen LogP contribution in [0.25, 0.3) is 10.2 Å². The van der Waals surface area contributed by atoms with Crippen molar-refractivity contribution in [2.24, 2.45) is 0 Å². The molecule has 2 aromatic heterocycles. The Kier molecular flexibility index (Phi) is 5.68. The summed E-state index contributed by atoms with van der Waals surface area (Å²) in [5.41, 5.74) is 0.808. The molecule has 1 atom stereocenters. The number of nitrogens with zero attached hydrogens (tertiary/aromatic N) is 4. The van der Waals surface area contributed by atoms with Gasteiger partial charge >= 0.3 is 0 Å². The first kappa shape index (κ1) is 21.1. The maximum absolute atomic E-state index is 13.2. The van der Waals surface area contributed by atoms with Gasteiger partial charge in [-0.05, 0) is 36.4 Å². The van der Waals surface area contributed by atoms with E-state index in [1.807, 2.05) is 18.2 Å². The Hall–Kier alpha value is -1.72. The van der Waals surface area contributed by atoms with Crippen LogP contribution in [0.3, 0.4) is 0 Å². The van der Waals surface area contributed by atoms with E-state index >= 15 is 0 Å². The van der Waals surface area contributed by atoms with Gasteiger partial charge in [-0.2, -0.15) is 4.31 Å². The third kappa shape index (κ3) is 3.84. The molecule has 1 amide bonds. The van der Waals surface area contributed by atoms with Crippen LogP contribution in [0.4, 0.5) is 5.13 Å². The number of anilines is 1. The van der Waals surface area contributed by atoms with E-state index in [-0.39, 0.29) is 5.91 Å². The summed E-state index contributed by atoms with van der Waals surface area (Å²) in [5, 5.41) is 3.29. The van der Waals surface area contributed by atoms with Crippen molar-refractivity contribution in [3.05, 3.63) is 40.7 Å². The monoisotopic (exact) mass is 496 g/mol. The molecule has 4 heterocycles. The zero-order valence-corrected chi connectivity index (χ0v) is 19.8. The number of piperazine rings is 1. The number of hydrogen-bond donors (Lipinski definition) is 0. The number of amides is 1. The summed E-state index contributed by atoms with van der Waals surface area (Å²) in [5.74, 6) is -0.0929. The van der Waals surface area contributed by atoms with Crippen molar-refractivity contribution in [1.82, 2.24) is 14.2 Å². The molecule has 0 unspecified atom stereocenters. The lowest BCUT2D eigenvalue weighted by molar-refractivity contribution is -0.134. The molecular weight excluding hydrogens is 476 g/mol. The molecule has 0 saturated carbocycles. The van der Waals surface area contributed by atoms with E-state index in [9.17, 15) is 13.2 Å². The second-order valence-corrected chi connectivity index (χ2v) is 12.1. The molecule has 0 bridgehead atoms. The molecule has 0 N–H and O–H groups in total. The molecule has 11 heteroatoms. The van der Waals surface area contributed by atoms with Crippen molar-refractivity contribution in [2.45, 2.75) is 23.1 Å². The zero-order valence-electron chi connectivity index (χ0n) is 16.6. The van der Waals surface area contributed by atoms with E-state index in [0.29, 0.717) is 54.8 Å². The number of carbonyl (C=O) groups excluding carboxylic acids is 1. The lowest BCUT2D eigenvalue weighted by atomic mass is 10.2. The van der Waals surface area contributed by atoms with Crippen LogP contribution in [0.2, 0.25) is 5.02 Å². The van der Waals surface area contributed by atoms with E-state index in [2.05, 4.69) is 9.88 Å². The Morgan fingerprint density at radius 3 is 2.61 bits per heavy atom. The van der Waals surface area contributed by atoms with Gasteiger partial charge in [0, 0.05) is 32.7 Å². The number of thiazole rings is 1. The molecule has 0 radical (unpaired) electrons. The first-order valence-corrected chi connectivity index (χ1v) is 13.6. The number of para-hydroxylation sites is 1. The van der Waals surface area contributed by atoms with E-state index in [4.69, 9.17) is 11.6 Å². The Morgan fingerprint density at radius 2 is 1.90 bits per heavy atom. The van der Waals surface area contributed by atoms with Gasteiger partial charge in [0.25, 0.3) is 10.0 Å². The number of rotatable bonds is 4. The zero-order chi connectivity index (χ0) is 21.6. The summed E-state index contributed by atoms with van der Waals surface area (Å²) in [6.45, 7) is 2.81. The van der Waals surface area contributed by atoms with Gasteiger partial charge < -0.3 is 9.80 Å². The van der Waals surface area contributed by atoms with Gasteiger partial charge in [0.1, 0.15) is 15.8 Å². The predicted molar refractivity (Wildman–Crippen MR) is 125 cm³/mol. The molecule has 2 saturated heterocycles. The number of halogens is 1. The molecule has 1 aromatic carbocycles. The van der Waals surface area contributed by atoms with Gasteiger partial charge in [0.05, 0.1) is 9.72 Å². The average molecular weight is 497 g/mol. The van der Waals surface area contributed by atoms with Crippen molar-refractivity contribution >= 4 is 65.6 Å². The van der Waals surface area contributed by atoms with Gasteiger partial charge in [-0.1, -0.05) is 35.1 Å². The second-order valence-electron chi connectivity index (χ2n) is 7.60. The van der Waals surface area contributed by atoms with Crippen LogP contribution >= 0.6 is 34.3 Å². The van der Waals surface area contributed by atoms with E-state index in [1.165, 1.54) is 15.6 Å². The van der Waals surface area contributed by atoms with Gasteiger partial charge in [0.15, 0.2) is 5.13 Å². The fourth-order valence-corrected chi connectivity index (χ4v) is 8.26. The maximum Gasteiger partial charge on any atom is 0.253 e. The molecule has 7 nitrogen and oxygen atoms in total. The number of benzene rings is 1. The molecule has 0 spiro atoms. The Balaban J connectivity index is 1.28. The first-order valence-electron chi connectivity index (χ1n) is 10.1. The Bertz CT molecular complexity index is 1200. The molecule has 164 valence electrons. The molecule has 0 aliphatic carbocycles. The van der Waals surface area contributed by atoms with Crippen LogP contribution in [-0.4, -0.2) is 67.3 Å². The maximum atomic E-state index is 13.2. The van der Waals surface area contributed by atoms with Gasteiger partial charge in [-0.25, -0.2) is 13.4 Å². The standard InChI is InChI=1S/C20H21ClN4O3S3/c21-14-4-1-6-16-18(14)22-20(30-16)24-11-9-23(10-12-24)19(26)15-5-2-8-25(15)31(27,28)17-7-3-13-29-17/h1,3-4,6-7,13,15H,2,5,8-12H2/t15-/m0/s1. The van der Waals surface area contributed by atoms with Crippen LogP contribution in [-0.2, 0) is 14.8 Å². The van der Waals surface area contributed by atoms with Crippen LogP contribution in [0.1, 0.15) is 12.8 Å². The highest BCUT2D eigenvalue weighted by Crippen LogP contribution is 2.34. The molecule has 2 aliphatic rings. The minimum absolute atomic E-state index is 0.0929. The fraction of sp³-hybridized carbons (Fsp3) is 0.400. The number of fused-ring (bicyclic) bond motifs is 1. The number of hydrogen-bond acceptors (Lipinski definition) is 7. The van der Waals surface area contributed by atoms with E-state index in [0.717, 1.165) is 15.3 Å².